The monoisotopic (exact) mass is 304 g/mol. The fraction of sp³-hybridized carbons (Fsp3) is 0.267. The third-order valence-electron chi connectivity index (χ3n) is 3.58. The molecule has 1 aromatic heterocycles. The molecule has 1 N–H and O–H groups in total. The minimum atomic E-state index is -3.59. The van der Waals surface area contributed by atoms with E-state index < -0.39 is 10.0 Å². The van der Waals surface area contributed by atoms with Crippen molar-refractivity contribution in [1.29, 1.82) is 0 Å². The first kappa shape index (κ1) is 13.9. The van der Waals surface area contributed by atoms with Gasteiger partial charge in [0.15, 0.2) is 0 Å². The van der Waals surface area contributed by atoms with Gasteiger partial charge >= 0.3 is 0 Å². The van der Waals surface area contributed by atoms with E-state index in [9.17, 15) is 8.42 Å². The van der Waals surface area contributed by atoms with Crippen molar-refractivity contribution in [3.8, 4) is 5.88 Å². The number of hydrogen-bond donors (Lipinski definition) is 1. The number of nitrogens with one attached hydrogen (secondary N) is 1. The lowest BCUT2D eigenvalue weighted by molar-refractivity contribution is 0.398. The minimum absolute atomic E-state index is 0.291. The van der Waals surface area contributed by atoms with Crippen LogP contribution in [0.25, 0.3) is 0 Å². The molecule has 6 heteroatoms. The first-order chi connectivity index (χ1) is 10.1. The van der Waals surface area contributed by atoms with Gasteiger partial charge in [0.05, 0.1) is 23.9 Å². The number of sulfonamides is 1. The molecule has 21 heavy (non-hydrogen) atoms. The molecule has 0 aliphatic heterocycles. The fourth-order valence-electron chi connectivity index (χ4n) is 2.49. The third-order valence-corrected chi connectivity index (χ3v) is 4.96. The number of benzene rings is 1. The van der Waals surface area contributed by atoms with E-state index in [1.54, 1.807) is 24.3 Å². The number of fused-ring (bicyclic) bond motifs is 1. The molecule has 0 fully saturated rings. The predicted octanol–water partition coefficient (Wildman–Crippen LogP) is 2.38. The standard InChI is InChI=1S/C15H16N2O3S/c1-20-15-8-6-13(10-16-15)17-21(18,19)14-7-5-11-3-2-4-12(11)9-14/h5-10,17H,2-4H2,1H3. The lowest BCUT2D eigenvalue weighted by Crippen LogP contribution is -2.13. The molecule has 3 rings (SSSR count). The quantitative estimate of drug-likeness (QED) is 0.941. The van der Waals surface area contributed by atoms with Crippen molar-refractivity contribution in [2.24, 2.45) is 0 Å². The summed E-state index contributed by atoms with van der Waals surface area (Å²) >= 11 is 0. The average molecular weight is 304 g/mol. The van der Waals surface area contributed by atoms with Crippen molar-refractivity contribution >= 4 is 15.7 Å². The first-order valence-electron chi connectivity index (χ1n) is 6.73. The number of aryl methyl sites for hydroxylation is 2. The second kappa shape index (κ2) is 5.37. The summed E-state index contributed by atoms with van der Waals surface area (Å²) in [6.45, 7) is 0. The van der Waals surface area contributed by atoms with Gasteiger partial charge in [-0.05, 0) is 48.6 Å². The average Bonchev–Trinajstić information content (AvgIpc) is 2.95. The van der Waals surface area contributed by atoms with Crippen LogP contribution in [0.3, 0.4) is 0 Å². The Morgan fingerprint density at radius 2 is 1.95 bits per heavy atom. The van der Waals surface area contributed by atoms with Gasteiger partial charge in [-0.3, -0.25) is 4.72 Å². The van der Waals surface area contributed by atoms with Crippen molar-refractivity contribution in [1.82, 2.24) is 4.98 Å². The highest BCUT2D eigenvalue weighted by Gasteiger charge is 2.18. The molecule has 110 valence electrons. The van der Waals surface area contributed by atoms with Gasteiger partial charge in [0.25, 0.3) is 10.0 Å². The van der Waals surface area contributed by atoms with Crippen molar-refractivity contribution in [3.05, 3.63) is 47.7 Å². The van der Waals surface area contributed by atoms with Crippen LogP contribution in [0.2, 0.25) is 0 Å². The number of anilines is 1. The van der Waals surface area contributed by atoms with E-state index in [-0.39, 0.29) is 0 Å². The summed E-state index contributed by atoms with van der Waals surface area (Å²) in [6, 6.07) is 8.56. The third kappa shape index (κ3) is 2.85. The number of methoxy groups -OCH3 is 1. The second-order valence-electron chi connectivity index (χ2n) is 4.98. The Morgan fingerprint density at radius 1 is 1.14 bits per heavy atom. The zero-order valence-electron chi connectivity index (χ0n) is 11.7. The van der Waals surface area contributed by atoms with Gasteiger partial charge < -0.3 is 4.74 Å². The number of ether oxygens (including phenoxy) is 1. The van der Waals surface area contributed by atoms with E-state index >= 15 is 0 Å². The molecule has 0 atom stereocenters. The second-order valence-corrected chi connectivity index (χ2v) is 6.66. The highest BCUT2D eigenvalue weighted by molar-refractivity contribution is 7.92. The molecule has 2 aromatic rings. The predicted molar refractivity (Wildman–Crippen MR) is 80.1 cm³/mol. The summed E-state index contributed by atoms with van der Waals surface area (Å²) < 4.78 is 32.2. The smallest absolute Gasteiger partial charge is 0.261 e. The van der Waals surface area contributed by atoms with Crippen LogP contribution < -0.4 is 9.46 Å². The van der Waals surface area contributed by atoms with Crippen LogP contribution in [0.15, 0.2) is 41.4 Å². The van der Waals surface area contributed by atoms with E-state index in [1.165, 1.54) is 18.9 Å². The zero-order chi connectivity index (χ0) is 14.9. The maximum Gasteiger partial charge on any atom is 0.261 e. The normalized spacial score (nSPS) is 13.8. The Morgan fingerprint density at radius 3 is 2.67 bits per heavy atom. The van der Waals surface area contributed by atoms with Gasteiger partial charge in [-0.2, -0.15) is 0 Å². The van der Waals surface area contributed by atoms with E-state index in [1.807, 2.05) is 6.07 Å². The number of pyridine rings is 1. The van der Waals surface area contributed by atoms with Gasteiger partial charge in [0, 0.05) is 6.07 Å². The summed E-state index contributed by atoms with van der Waals surface area (Å²) in [5, 5.41) is 0. The van der Waals surface area contributed by atoms with Gasteiger partial charge in [-0.15, -0.1) is 0 Å². The molecule has 1 aliphatic rings. The maximum absolute atomic E-state index is 12.4. The number of aromatic nitrogens is 1. The van der Waals surface area contributed by atoms with Crippen LogP contribution in [0, 0.1) is 0 Å². The lowest BCUT2D eigenvalue weighted by atomic mass is 10.1. The summed E-state index contributed by atoms with van der Waals surface area (Å²) in [7, 11) is -2.07. The van der Waals surface area contributed by atoms with Crippen LogP contribution in [0.1, 0.15) is 17.5 Å². The molecule has 0 amide bonds. The zero-order valence-corrected chi connectivity index (χ0v) is 12.5. The van der Waals surface area contributed by atoms with Crippen molar-refractivity contribution in [3.63, 3.8) is 0 Å². The van der Waals surface area contributed by atoms with E-state index in [2.05, 4.69) is 9.71 Å². The van der Waals surface area contributed by atoms with Crippen molar-refractivity contribution in [2.75, 3.05) is 11.8 Å². The minimum Gasteiger partial charge on any atom is -0.481 e. The molecule has 1 aromatic carbocycles. The molecule has 5 nitrogen and oxygen atoms in total. The molecule has 0 radical (unpaired) electrons. The van der Waals surface area contributed by atoms with Crippen molar-refractivity contribution in [2.45, 2.75) is 24.2 Å². The van der Waals surface area contributed by atoms with Crippen LogP contribution in [-0.4, -0.2) is 20.5 Å². The van der Waals surface area contributed by atoms with Gasteiger partial charge in [0.1, 0.15) is 0 Å². The molecule has 0 spiro atoms. The fourth-order valence-corrected chi connectivity index (χ4v) is 3.58. The first-order valence-corrected chi connectivity index (χ1v) is 8.21. The highest BCUT2D eigenvalue weighted by Crippen LogP contribution is 2.25. The molecule has 0 bridgehead atoms. The topological polar surface area (TPSA) is 68.3 Å². The van der Waals surface area contributed by atoms with E-state index in [0.29, 0.717) is 16.5 Å². The molecule has 0 unspecified atom stereocenters. The number of hydrogen-bond acceptors (Lipinski definition) is 4. The van der Waals surface area contributed by atoms with Crippen LogP contribution in [0.5, 0.6) is 5.88 Å². The Kier molecular flexibility index (Phi) is 3.55. The van der Waals surface area contributed by atoms with Crippen LogP contribution >= 0.6 is 0 Å². The summed E-state index contributed by atoms with van der Waals surface area (Å²) in [5.41, 5.74) is 2.79. The van der Waals surface area contributed by atoms with Crippen LogP contribution in [-0.2, 0) is 22.9 Å². The Labute approximate surface area is 124 Å². The summed E-state index contributed by atoms with van der Waals surface area (Å²) in [5.74, 6) is 0.440. The maximum atomic E-state index is 12.4. The molecule has 1 heterocycles. The highest BCUT2D eigenvalue weighted by atomic mass is 32.2. The molecule has 0 saturated carbocycles. The largest absolute Gasteiger partial charge is 0.481 e. The number of nitrogens with zero attached hydrogens (tertiary/aromatic N) is 1. The van der Waals surface area contributed by atoms with Gasteiger partial charge in [0.2, 0.25) is 5.88 Å². The Balaban J connectivity index is 1.86. The van der Waals surface area contributed by atoms with Crippen molar-refractivity contribution < 1.29 is 13.2 Å². The molecule has 0 saturated heterocycles. The van der Waals surface area contributed by atoms with Gasteiger partial charge in [-0.25, -0.2) is 13.4 Å². The molecular formula is C15H16N2O3S. The summed E-state index contributed by atoms with van der Waals surface area (Å²) in [4.78, 5) is 4.27. The van der Waals surface area contributed by atoms with Gasteiger partial charge in [-0.1, -0.05) is 6.07 Å². The SMILES string of the molecule is COc1ccc(NS(=O)(=O)c2ccc3c(c2)CCC3)cn1. The Bertz CT molecular complexity index is 755. The van der Waals surface area contributed by atoms with Crippen LogP contribution in [0.4, 0.5) is 5.69 Å². The Hall–Kier alpha value is -2.08. The number of rotatable bonds is 4. The molecule has 1 aliphatic carbocycles. The summed E-state index contributed by atoms with van der Waals surface area (Å²) in [6.07, 6.45) is 4.51. The van der Waals surface area contributed by atoms with E-state index in [4.69, 9.17) is 4.74 Å². The van der Waals surface area contributed by atoms with E-state index in [0.717, 1.165) is 24.8 Å². The lowest BCUT2D eigenvalue weighted by Gasteiger charge is -2.09. The molecular weight excluding hydrogens is 288 g/mol.